The van der Waals surface area contributed by atoms with E-state index in [1.165, 1.54) is 33.2 Å². The van der Waals surface area contributed by atoms with Crippen LogP contribution in [0.3, 0.4) is 0 Å². The highest BCUT2D eigenvalue weighted by molar-refractivity contribution is 7.89. The van der Waals surface area contributed by atoms with Gasteiger partial charge in [0.25, 0.3) is 5.91 Å². The number of rotatable bonds is 7. The summed E-state index contributed by atoms with van der Waals surface area (Å²) in [5, 5.41) is 2.79. The molecule has 9 nitrogen and oxygen atoms in total. The van der Waals surface area contributed by atoms with Gasteiger partial charge >= 0.3 is 5.97 Å². The molecule has 1 saturated heterocycles. The number of ether oxygens (including phenoxy) is 2. The minimum Gasteiger partial charge on any atom is -0.449 e. The molecule has 1 N–H and O–H groups in total. The number of sulfonamides is 1. The molecule has 1 amide bonds. The smallest absolute Gasteiger partial charge is 0.341 e. The summed E-state index contributed by atoms with van der Waals surface area (Å²) < 4.78 is 36.9. The molecule has 0 unspecified atom stereocenters. The molecule has 1 aliphatic carbocycles. The molecule has 1 atom stereocenters. The molecular formula is C19H27N3O6S. The van der Waals surface area contributed by atoms with Crippen molar-refractivity contribution in [3.05, 3.63) is 23.8 Å². The molecule has 2 aliphatic rings. The number of carbonyl (C=O) groups excluding carboxylic acids is 2. The number of hydrogen-bond donors (Lipinski definition) is 1. The number of hydrogen-bond acceptors (Lipinski definition) is 7. The SMILES string of the molecule is C[C@@H](OC(=O)c1cc(S(=O)(=O)N(C)C)ccc1N1CCOCC1)C(=O)NC1CC1. The van der Waals surface area contributed by atoms with E-state index in [1.807, 2.05) is 4.90 Å². The summed E-state index contributed by atoms with van der Waals surface area (Å²) in [5.41, 5.74) is 0.673. The number of benzene rings is 1. The van der Waals surface area contributed by atoms with Crippen molar-refractivity contribution < 1.29 is 27.5 Å². The van der Waals surface area contributed by atoms with Crippen LogP contribution in [0.4, 0.5) is 5.69 Å². The number of morpholine rings is 1. The van der Waals surface area contributed by atoms with Gasteiger partial charge in [-0.2, -0.15) is 0 Å². The second-order valence-electron chi connectivity index (χ2n) is 7.40. The summed E-state index contributed by atoms with van der Waals surface area (Å²) in [7, 11) is -0.882. The van der Waals surface area contributed by atoms with Gasteiger partial charge < -0.3 is 19.7 Å². The molecule has 1 aliphatic heterocycles. The maximum Gasteiger partial charge on any atom is 0.341 e. The molecule has 1 aromatic rings. The van der Waals surface area contributed by atoms with E-state index in [2.05, 4.69) is 5.32 Å². The highest BCUT2D eigenvalue weighted by Gasteiger charge is 2.29. The summed E-state index contributed by atoms with van der Waals surface area (Å²) in [6.45, 7) is 3.65. The molecule has 160 valence electrons. The zero-order valence-corrected chi connectivity index (χ0v) is 17.7. The summed E-state index contributed by atoms with van der Waals surface area (Å²) in [5.74, 6) is -1.09. The quantitative estimate of drug-likeness (QED) is 0.638. The minimum absolute atomic E-state index is 0.0125. The zero-order chi connectivity index (χ0) is 21.2. The first-order chi connectivity index (χ1) is 13.7. The molecule has 2 fully saturated rings. The standard InChI is InChI=1S/C19H27N3O6S/c1-13(18(23)20-14-4-5-14)28-19(24)16-12-15(29(25,26)21(2)3)6-7-17(16)22-8-10-27-11-9-22/h6-7,12-14H,4-5,8-11H2,1-3H3,(H,20,23)/t13-/m1/s1. The predicted molar refractivity (Wildman–Crippen MR) is 106 cm³/mol. The van der Waals surface area contributed by atoms with E-state index in [4.69, 9.17) is 9.47 Å². The zero-order valence-electron chi connectivity index (χ0n) is 16.9. The number of nitrogens with one attached hydrogen (secondary N) is 1. The van der Waals surface area contributed by atoms with Gasteiger partial charge in [-0.1, -0.05) is 0 Å². The molecule has 1 aromatic carbocycles. The Labute approximate surface area is 171 Å². The molecule has 0 spiro atoms. The lowest BCUT2D eigenvalue weighted by Gasteiger charge is -2.30. The van der Waals surface area contributed by atoms with Gasteiger partial charge in [0.15, 0.2) is 6.10 Å². The van der Waals surface area contributed by atoms with Gasteiger partial charge in [0.2, 0.25) is 10.0 Å². The number of esters is 1. The van der Waals surface area contributed by atoms with Crippen LogP contribution >= 0.6 is 0 Å². The molecule has 1 heterocycles. The third-order valence-electron chi connectivity index (χ3n) is 4.90. The Morgan fingerprint density at radius 3 is 2.48 bits per heavy atom. The van der Waals surface area contributed by atoms with Crippen LogP contribution in [0.1, 0.15) is 30.1 Å². The molecular weight excluding hydrogens is 398 g/mol. The van der Waals surface area contributed by atoms with Crippen molar-refractivity contribution in [3.8, 4) is 0 Å². The predicted octanol–water partition coefficient (Wildman–Crippen LogP) is 0.597. The number of amides is 1. The summed E-state index contributed by atoms with van der Waals surface area (Å²) >= 11 is 0. The normalized spacial score (nSPS) is 18.4. The summed E-state index contributed by atoms with van der Waals surface area (Å²) in [4.78, 5) is 27.0. The fourth-order valence-corrected chi connectivity index (χ4v) is 3.88. The van der Waals surface area contributed by atoms with Crippen molar-refractivity contribution in [1.29, 1.82) is 0 Å². The van der Waals surface area contributed by atoms with Crippen LogP contribution in [0.2, 0.25) is 0 Å². The Kier molecular flexibility index (Phi) is 6.45. The Morgan fingerprint density at radius 2 is 1.90 bits per heavy atom. The largest absolute Gasteiger partial charge is 0.449 e. The molecule has 3 rings (SSSR count). The first-order valence-corrected chi connectivity index (χ1v) is 11.0. The van der Waals surface area contributed by atoms with Crippen molar-refractivity contribution in [2.45, 2.75) is 36.8 Å². The van der Waals surface area contributed by atoms with Gasteiger partial charge in [-0.3, -0.25) is 4.79 Å². The lowest BCUT2D eigenvalue weighted by Crippen LogP contribution is -2.39. The van der Waals surface area contributed by atoms with Gasteiger partial charge in [0.1, 0.15) is 0 Å². The van der Waals surface area contributed by atoms with E-state index in [1.54, 1.807) is 6.07 Å². The van der Waals surface area contributed by atoms with E-state index < -0.39 is 22.1 Å². The minimum atomic E-state index is -3.73. The molecule has 0 radical (unpaired) electrons. The summed E-state index contributed by atoms with van der Waals surface area (Å²) in [6, 6.07) is 4.54. The number of carbonyl (C=O) groups is 2. The van der Waals surface area contributed by atoms with E-state index in [-0.39, 0.29) is 22.4 Å². The molecule has 1 saturated carbocycles. The Balaban J connectivity index is 1.89. The van der Waals surface area contributed by atoms with Crippen molar-refractivity contribution in [2.24, 2.45) is 0 Å². The van der Waals surface area contributed by atoms with Crippen LogP contribution in [0, 0.1) is 0 Å². The second-order valence-corrected chi connectivity index (χ2v) is 9.55. The second kappa shape index (κ2) is 8.68. The average molecular weight is 426 g/mol. The number of anilines is 1. The van der Waals surface area contributed by atoms with Crippen LogP contribution in [0.5, 0.6) is 0 Å². The third-order valence-corrected chi connectivity index (χ3v) is 6.71. The van der Waals surface area contributed by atoms with Gasteiger partial charge in [-0.05, 0) is 38.0 Å². The highest BCUT2D eigenvalue weighted by Crippen LogP contribution is 2.27. The van der Waals surface area contributed by atoms with Gasteiger partial charge in [0.05, 0.1) is 29.4 Å². The third kappa shape index (κ3) is 5.06. The number of nitrogens with zero attached hydrogens (tertiary/aromatic N) is 2. The van der Waals surface area contributed by atoms with Crippen LogP contribution in [0.15, 0.2) is 23.1 Å². The monoisotopic (exact) mass is 425 g/mol. The van der Waals surface area contributed by atoms with Gasteiger partial charge in [0, 0.05) is 33.2 Å². The van der Waals surface area contributed by atoms with E-state index in [9.17, 15) is 18.0 Å². The van der Waals surface area contributed by atoms with Crippen molar-refractivity contribution in [2.75, 3.05) is 45.3 Å². The Bertz CT molecular complexity index is 876. The van der Waals surface area contributed by atoms with Crippen LogP contribution < -0.4 is 10.2 Å². The fraction of sp³-hybridized carbons (Fsp3) is 0.579. The van der Waals surface area contributed by atoms with E-state index >= 15 is 0 Å². The summed E-state index contributed by atoms with van der Waals surface area (Å²) in [6.07, 6.45) is 0.880. The molecule has 0 bridgehead atoms. The maximum atomic E-state index is 12.9. The lowest BCUT2D eigenvalue weighted by atomic mass is 10.1. The van der Waals surface area contributed by atoms with Gasteiger partial charge in [-0.15, -0.1) is 0 Å². The van der Waals surface area contributed by atoms with Crippen LogP contribution in [0.25, 0.3) is 0 Å². The van der Waals surface area contributed by atoms with Crippen molar-refractivity contribution >= 4 is 27.6 Å². The van der Waals surface area contributed by atoms with E-state index in [0.29, 0.717) is 32.0 Å². The molecule has 0 aromatic heterocycles. The fourth-order valence-electron chi connectivity index (χ4n) is 2.95. The molecule has 29 heavy (non-hydrogen) atoms. The average Bonchev–Trinajstić information content (AvgIpc) is 3.51. The van der Waals surface area contributed by atoms with Crippen molar-refractivity contribution in [1.82, 2.24) is 9.62 Å². The first kappa shape index (κ1) is 21.5. The van der Waals surface area contributed by atoms with Crippen LogP contribution in [-0.2, 0) is 24.3 Å². The first-order valence-electron chi connectivity index (χ1n) is 9.61. The van der Waals surface area contributed by atoms with E-state index in [0.717, 1.165) is 17.1 Å². The Hall–Kier alpha value is -2.17. The lowest BCUT2D eigenvalue weighted by molar-refractivity contribution is -0.129. The van der Waals surface area contributed by atoms with Crippen LogP contribution in [-0.4, -0.2) is 77.1 Å². The molecule has 10 heteroatoms. The highest BCUT2D eigenvalue weighted by atomic mass is 32.2. The topological polar surface area (TPSA) is 105 Å². The Morgan fingerprint density at radius 1 is 1.24 bits per heavy atom. The maximum absolute atomic E-state index is 12.9. The van der Waals surface area contributed by atoms with Crippen molar-refractivity contribution in [3.63, 3.8) is 0 Å². The van der Waals surface area contributed by atoms with Gasteiger partial charge in [-0.25, -0.2) is 17.5 Å².